The molecule has 0 saturated carbocycles. The second kappa shape index (κ2) is 5.79. The summed E-state index contributed by atoms with van der Waals surface area (Å²) in [7, 11) is 0. The van der Waals surface area contributed by atoms with Crippen molar-refractivity contribution in [3.05, 3.63) is 29.2 Å². The third-order valence-corrected chi connectivity index (χ3v) is 2.94. The van der Waals surface area contributed by atoms with Gasteiger partial charge in [-0.15, -0.1) is 0 Å². The Labute approximate surface area is 112 Å². The number of nitrogens with two attached hydrogens (primary N) is 1. The Morgan fingerprint density at radius 1 is 1.42 bits per heavy atom. The van der Waals surface area contributed by atoms with Crippen LogP contribution >= 0.6 is 0 Å². The number of nitrogens with one attached hydrogen (secondary N) is 1. The van der Waals surface area contributed by atoms with Gasteiger partial charge in [-0.3, -0.25) is 4.79 Å². The first-order chi connectivity index (χ1) is 9.13. The zero-order chi connectivity index (χ0) is 13.8. The predicted molar refractivity (Wildman–Crippen MR) is 73.1 cm³/mol. The zero-order valence-electron chi connectivity index (χ0n) is 11.3. The van der Waals surface area contributed by atoms with Crippen molar-refractivity contribution >= 4 is 11.6 Å². The average Bonchev–Trinajstić information content (AvgIpc) is 2.78. The minimum Gasteiger partial charge on any atom is -0.352 e. The molecule has 0 radical (unpaired) electrons. The minimum absolute atomic E-state index is 0.135. The van der Waals surface area contributed by atoms with Crippen molar-refractivity contribution in [2.45, 2.75) is 26.7 Å². The van der Waals surface area contributed by atoms with Crippen LogP contribution in [0.3, 0.4) is 0 Å². The number of hydrogen-bond donors (Lipinski definition) is 2. The lowest BCUT2D eigenvalue weighted by molar-refractivity contribution is 0.0954. The predicted octanol–water partition coefficient (Wildman–Crippen LogP) is 0.815. The number of carbonyl (C=O) groups is 1. The molecule has 0 atom stereocenters. The number of fused-ring (bicyclic) bond motifs is 1. The summed E-state index contributed by atoms with van der Waals surface area (Å²) in [5, 5.41) is 7.06. The molecular weight excluding hydrogens is 242 g/mol. The summed E-state index contributed by atoms with van der Waals surface area (Å²) in [5.74, 6) is -0.135. The van der Waals surface area contributed by atoms with E-state index in [1.807, 2.05) is 19.9 Å². The zero-order valence-corrected chi connectivity index (χ0v) is 11.3. The van der Waals surface area contributed by atoms with Gasteiger partial charge in [-0.2, -0.15) is 5.10 Å². The first-order valence-electron chi connectivity index (χ1n) is 6.43. The van der Waals surface area contributed by atoms with Crippen LogP contribution in [0.2, 0.25) is 0 Å². The van der Waals surface area contributed by atoms with Crippen LogP contribution in [0.4, 0.5) is 0 Å². The molecule has 0 fully saturated rings. The Hall–Kier alpha value is -1.95. The van der Waals surface area contributed by atoms with E-state index in [1.54, 1.807) is 10.7 Å². The molecule has 0 aliphatic carbocycles. The molecule has 2 rings (SSSR count). The lowest BCUT2D eigenvalue weighted by Gasteiger charge is -2.04. The van der Waals surface area contributed by atoms with E-state index in [0.717, 1.165) is 24.2 Å². The summed E-state index contributed by atoms with van der Waals surface area (Å²) in [4.78, 5) is 16.5. The second-order valence-electron chi connectivity index (χ2n) is 4.58. The van der Waals surface area contributed by atoms with Crippen molar-refractivity contribution in [3.8, 4) is 0 Å². The van der Waals surface area contributed by atoms with E-state index in [1.165, 1.54) is 0 Å². The lowest BCUT2D eigenvalue weighted by atomic mass is 10.2. The van der Waals surface area contributed by atoms with Crippen LogP contribution in [0, 0.1) is 13.8 Å². The van der Waals surface area contributed by atoms with E-state index in [4.69, 9.17) is 5.73 Å². The van der Waals surface area contributed by atoms with E-state index in [9.17, 15) is 4.79 Å². The number of rotatable bonds is 5. The van der Waals surface area contributed by atoms with E-state index in [0.29, 0.717) is 24.3 Å². The van der Waals surface area contributed by atoms with Crippen LogP contribution in [-0.2, 0) is 0 Å². The molecule has 0 aliphatic rings. The van der Waals surface area contributed by atoms with Gasteiger partial charge in [0, 0.05) is 17.9 Å². The Kier molecular flexibility index (Phi) is 4.11. The van der Waals surface area contributed by atoms with Gasteiger partial charge in [0.05, 0.1) is 6.20 Å². The van der Waals surface area contributed by atoms with Gasteiger partial charge in [0.1, 0.15) is 5.56 Å². The quantitative estimate of drug-likeness (QED) is 0.780. The Morgan fingerprint density at radius 3 is 2.95 bits per heavy atom. The van der Waals surface area contributed by atoms with Crippen molar-refractivity contribution in [3.63, 3.8) is 0 Å². The molecule has 0 aliphatic heterocycles. The van der Waals surface area contributed by atoms with Crippen LogP contribution in [0.15, 0.2) is 12.3 Å². The van der Waals surface area contributed by atoms with Crippen LogP contribution in [0.25, 0.3) is 5.65 Å². The largest absolute Gasteiger partial charge is 0.352 e. The molecule has 19 heavy (non-hydrogen) atoms. The van der Waals surface area contributed by atoms with E-state index < -0.39 is 0 Å². The fourth-order valence-corrected chi connectivity index (χ4v) is 2.00. The molecule has 0 saturated heterocycles. The molecule has 2 aromatic rings. The Balaban J connectivity index is 2.18. The van der Waals surface area contributed by atoms with Crippen molar-refractivity contribution < 1.29 is 4.79 Å². The maximum atomic E-state index is 12.1. The van der Waals surface area contributed by atoms with Gasteiger partial charge in [0.2, 0.25) is 0 Å². The molecule has 0 unspecified atom stereocenters. The molecule has 2 heterocycles. The number of hydrogen-bond acceptors (Lipinski definition) is 4. The summed E-state index contributed by atoms with van der Waals surface area (Å²) in [6.45, 7) is 5.12. The minimum atomic E-state index is -0.135. The van der Waals surface area contributed by atoms with Crippen LogP contribution < -0.4 is 11.1 Å². The molecule has 6 nitrogen and oxygen atoms in total. The van der Waals surface area contributed by atoms with Gasteiger partial charge in [0.25, 0.3) is 5.91 Å². The normalized spacial score (nSPS) is 10.9. The number of nitrogens with zero attached hydrogens (tertiary/aromatic N) is 3. The number of aromatic nitrogens is 3. The highest BCUT2D eigenvalue weighted by molar-refractivity contribution is 5.99. The highest BCUT2D eigenvalue weighted by Crippen LogP contribution is 2.11. The van der Waals surface area contributed by atoms with Crippen molar-refractivity contribution in [2.24, 2.45) is 5.73 Å². The van der Waals surface area contributed by atoms with Gasteiger partial charge in [-0.05, 0) is 39.3 Å². The van der Waals surface area contributed by atoms with Gasteiger partial charge in [-0.25, -0.2) is 9.50 Å². The maximum Gasteiger partial charge on any atom is 0.256 e. The monoisotopic (exact) mass is 261 g/mol. The third-order valence-electron chi connectivity index (χ3n) is 2.94. The van der Waals surface area contributed by atoms with Crippen LogP contribution in [0.1, 0.15) is 34.6 Å². The van der Waals surface area contributed by atoms with Gasteiger partial charge in [0.15, 0.2) is 5.65 Å². The maximum absolute atomic E-state index is 12.1. The van der Waals surface area contributed by atoms with Crippen molar-refractivity contribution in [1.29, 1.82) is 0 Å². The second-order valence-corrected chi connectivity index (χ2v) is 4.58. The number of carbonyl (C=O) groups excluding carboxylic acids is 1. The van der Waals surface area contributed by atoms with Crippen molar-refractivity contribution in [2.75, 3.05) is 13.1 Å². The Morgan fingerprint density at radius 2 is 2.21 bits per heavy atom. The topological polar surface area (TPSA) is 85.3 Å². The fourth-order valence-electron chi connectivity index (χ4n) is 2.00. The average molecular weight is 261 g/mol. The van der Waals surface area contributed by atoms with Crippen LogP contribution in [-0.4, -0.2) is 33.6 Å². The van der Waals surface area contributed by atoms with E-state index in [-0.39, 0.29) is 5.91 Å². The molecular formula is C13H19N5O. The summed E-state index contributed by atoms with van der Waals surface area (Å²) < 4.78 is 1.68. The Bertz CT molecular complexity index is 590. The summed E-state index contributed by atoms with van der Waals surface area (Å²) in [6.07, 6.45) is 3.35. The summed E-state index contributed by atoms with van der Waals surface area (Å²) in [6, 6.07) is 1.93. The van der Waals surface area contributed by atoms with E-state index >= 15 is 0 Å². The van der Waals surface area contributed by atoms with Crippen molar-refractivity contribution in [1.82, 2.24) is 19.9 Å². The molecule has 6 heteroatoms. The molecule has 0 aromatic carbocycles. The molecule has 102 valence electrons. The molecule has 0 spiro atoms. The smallest absolute Gasteiger partial charge is 0.256 e. The van der Waals surface area contributed by atoms with Gasteiger partial charge in [-0.1, -0.05) is 0 Å². The lowest BCUT2D eigenvalue weighted by Crippen LogP contribution is -2.25. The third kappa shape index (κ3) is 2.90. The van der Waals surface area contributed by atoms with Crippen LogP contribution in [0.5, 0.6) is 0 Å². The highest BCUT2D eigenvalue weighted by Gasteiger charge is 2.14. The highest BCUT2D eigenvalue weighted by atomic mass is 16.1. The number of aryl methyl sites for hydroxylation is 2. The first kappa shape index (κ1) is 13.5. The number of amides is 1. The standard InChI is InChI=1S/C13H19N5O/c1-9-7-10(2)18-12(17-9)11(8-16-18)13(19)15-6-4-3-5-14/h7-8H,3-6,14H2,1-2H3,(H,15,19). The van der Waals surface area contributed by atoms with Gasteiger partial charge >= 0.3 is 0 Å². The number of unbranched alkanes of at least 4 members (excludes halogenated alkanes) is 1. The molecule has 2 aromatic heterocycles. The SMILES string of the molecule is Cc1cc(C)n2ncc(C(=O)NCCCCN)c2n1. The fraction of sp³-hybridized carbons (Fsp3) is 0.462. The molecule has 3 N–H and O–H groups in total. The van der Waals surface area contributed by atoms with Gasteiger partial charge < -0.3 is 11.1 Å². The first-order valence-corrected chi connectivity index (χ1v) is 6.43. The summed E-state index contributed by atoms with van der Waals surface area (Å²) in [5.41, 5.74) is 8.37. The molecule has 0 bridgehead atoms. The summed E-state index contributed by atoms with van der Waals surface area (Å²) >= 11 is 0. The molecule has 1 amide bonds. The van der Waals surface area contributed by atoms with E-state index in [2.05, 4.69) is 15.4 Å².